The van der Waals surface area contributed by atoms with Crippen LogP contribution in [0.5, 0.6) is 0 Å². The Morgan fingerprint density at radius 3 is 2.52 bits per heavy atom. The number of ether oxygens (including phenoxy) is 2. The van der Waals surface area contributed by atoms with Gasteiger partial charge < -0.3 is 19.7 Å². The molecule has 0 amide bonds. The Kier molecular flexibility index (Phi) is 10.2. The third kappa shape index (κ3) is 7.40. The minimum atomic E-state index is 0. The van der Waals surface area contributed by atoms with Gasteiger partial charge in [-0.1, -0.05) is 44.2 Å². The largest absolute Gasteiger partial charge is 0.376 e. The summed E-state index contributed by atoms with van der Waals surface area (Å²) in [5, 5.41) is 3.59. The summed E-state index contributed by atoms with van der Waals surface area (Å²) in [6.07, 6.45) is 6.37. The summed E-state index contributed by atoms with van der Waals surface area (Å²) < 4.78 is 11.9. The van der Waals surface area contributed by atoms with Crippen molar-refractivity contribution in [1.82, 2.24) is 10.2 Å². The van der Waals surface area contributed by atoms with Crippen molar-refractivity contribution in [2.45, 2.75) is 63.6 Å². The van der Waals surface area contributed by atoms with Crippen molar-refractivity contribution in [2.75, 3.05) is 39.9 Å². The van der Waals surface area contributed by atoms with E-state index in [2.05, 4.69) is 59.4 Å². The smallest absolute Gasteiger partial charge is 0.193 e. The number of likely N-dealkylation sites (tertiary alicyclic amines) is 1. The van der Waals surface area contributed by atoms with Gasteiger partial charge in [0.1, 0.15) is 0 Å². The highest BCUT2D eigenvalue weighted by Gasteiger charge is 2.26. The first-order chi connectivity index (χ1) is 13.6. The number of rotatable bonds is 6. The number of hydrogen-bond acceptors (Lipinski definition) is 3. The van der Waals surface area contributed by atoms with Gasteiger partial charge in [-0.25, -0.2) is 0 Å². The van der Waals surface area contributed by atoms with Gasteiger partial charge in [0.05, 0.1) is 18.8 Å². The van der Waals surface area contributed by atoms with Crippen LogP contribution in [0.25, 0.3) is 0 Å². The van der Waals surface area contributed by atoms with Crippen molar-refractivity contribution in [3.8, 4) is 0 Å². The molecule has 29 heavy (non-hydrogen) atoms. The number of nitrogens with zero attached hydrogens (tertiary/aromatic N) is 2. The number of aliphatic imine (C=N–C) groups is 1. The third-order valence-corrected chi connectivity index (χ3v) is 5.99. The summed E-state index contributed by atoms with van der Waals surface area (Å²) in [5.41, 5.74) is 1.40. The molecule has 1 aromatic rings. The van der Waals surface area contributed by atoms with E-state index in [0.29, 0.717) is 12.2 Å². The standard InChI is InChI=1S/C23H37N3O2.HI/c1-23(2,19-9-5-4-6-10-19)18-25-22(24-3)26-14-12-20(13-15-26)28-17-21-11-7-8-16-27-21;/h4-6,9-10,20-21H,7-8,11-18H2,1-3H3,(H,24,25);1H. The molecule has 164 valence electrons. The Hall–Kier alpha value is -0.860. The Balaban J connectivity index is 0.00000300. The Bertz CT molecular complexity index is 610. The topological polar surface area (TPSA) is 46.1 Å². The van der Waals surface area contributed by atoms with Gasteiger partial charge >= 0.3 is 0 Å². The van der Waals surface area contributed by atoms with Crippen LogP contribution in [-0.2, 0) is 14.9 Å². The van der Waals surface area contributed by atoms with Crippen molar-refractivity contribution < 1.29 is 9.47 Å². The van der Waals surface area contributed by atoms with E-state index in [1.165, 1.54) is 18.4 Å². The summed E-state index contributed by atoms with van der Waals surface area (Å²) in [7, 11) is 1.88. The highest BCUT2D eigenvalue weighted by Crippen LogP contribution is 2.22. The highest BCUT2D eigenvalue weighted by atomic mass is 127. The van der Waals surface area contributed by atoms with Crippen LogP contribution in [0.3, 0.4) is 0 Å². The lowest BCUT2D eigenvalue weighted by Gasteiger charge is -2.36. The van der Waals surface area contributed by atoms with Gasteiger partial charge in [-0.2, -0.15) is 0 Å². The SMILES string of the molecule is CN=C(NCC(C)(C)c1ccccc1)N1CCC(OCC2CCCCO2)CC1.I. The van der Waals surface area contributed by atoms with Crippen LogP contribution in [0, 0.1) is 0 Å². The number of hydrogen-bond donors (Lipinski definition) is 1. The Morgan fingerprint density at radius 2 is 1.90 bits per heavy atom. The number of benzene rings is 1. The molecule has 6 heteroatoms. The van der Waals surface area contributed by atoms with Crippen molar-refractivity contribution in [3.63, 3.8) is 0 Å². The quantitative estimate of drug-likeness (QED) is 0.351. The molecule has 5 nitrogen and oxygen atoms in total. The van der Waals surface area contributed by atoms with Gasteiger partial charge in [0, 0.05) is 38.7 Å². The number of guanidine groups is 1. The van der Waals surface area contributed by atoms with Crippen LogP contribution in [0.1, 0.15) is 51.5 Å². The second-order valence-electron chi connectivity index (χ2n) is 8.66. The van der Waals surface area contributed by atoms with E-state index in [9.17, 15) is 0 Å². The summed E-state index contributed by atoms with van der Waals surface area (Å²) >= 11 is 0. The molecule has 0 bridgehead atoms. The fourth-order valence-corrected chi connectivity index (χ4v) is 4.04. The van der Waals surface area contributed by atoms with Crippen molar-refractivity contribution in [3.05, 3.63) is 35.9 Å². The molecule has 3 rings (SSSR count). The van der Waals surface area contributed by atoms with Crippen LogP contribution in [-0.4, -0.2) is 63.0 Å². The lowest BCUT2D eigenvalue weighted by molar-refractivity contribution is -0.0721. The maximum absolute atomic E-state index is 6.14. The second-order valence-corrected chi connectivity index (χ2v) is 8.66. The van der Waals surface area contributed by atoms with Crippen molar-refractivity contribution in [1.29, 1.82) is 0 Å². The monoisotopic (exact) mass is 515 g/mol. The van der Waals surface area contributed by atoms with E-state index < -0.39 is 0 Å². The van der Waals surface area contributed by atoms with Crippen LogP contribution in [0.15, 0.2) is 35.3 Å². The number of halogens is 1. The Morgan fingerprint density at radius 1 is 1.17 bits per heavy atom. The maximum Gasteiger partial charge on any atom is 0.193 e. The molecule has 1 atom stereocenters. The van der Waals surface area contributed by atoms with E-state index in [4.69, 9.17) is 9.47 Å². The molecule has 0 aliphatic carbocycles. The normalized spacial score (nSPS) is 21.6. The average molecular weight is 515 g/mol. The molecule has 1 N–H and O–H groups in total. The van der Waals surface area contributed by atoms with Gasteiger partial charge in [-0.3, -0.25) is 4.99 Å². The summed E-state index contributed by atoms with van der Waals surface area (Å²) in [4.78, 5) is 6.88. The van der Waals surface area contributed by atoms with Gasteiger partial charge in [0.2, 0.25) is 0 Å². The number of nitrogens with one attached hydrogen (secondary N) is 1. The van der Waals surface area contributed by atoms with E-state index in [1.54, 1.807) is 0 Å². The van der Waals surface area contributed by atoms with Crippen LogP contribution in [0.2, 0.25) is 0 Å². The molecule has 0 saturated carbocycles. The minimum absolute atomic E-state index is 0. The highest BCUT2D eigenvalue weighted by molar-refractivity contribution is 14.0. The van der Waals surface area contributed by atoms with E-state index in [-0.39, 0.29) is 29.4 Å². The first-order valence-corrected chi connectivity index (χ1v) is 10.8. The maximum atomic E-state index is 6.14. The van der Waals surface area contributed by atoms with Gasteiger partial charge in [-0.15, -0.1) is 24.0 Å². The molecular weight excluding hydrogens is 477 g/mol. The van der Waals surface area contributed by atoms with Gasteiger partial charge in [-0.05, 0) is 37.7 Å². The molecule has 2 aliphatic rings. The van der Waals surface area contributed by atoms with Crippen molar-refractivity contribution in [2.24, 2.45) is 4.99 Å². The zero-order valence-electron chi connectivity index (χ0n) is 18.2. The zero-order chi connectivity index (χ0) is 19.8. The predicted molar refractivity (Wildman–Crippen MR) is 130 cm³/mol. The summed E-state index contributed by atoms with van der Waals surface area (Å²) in [6, 6.07) is 10.7. The lowest BCUT2D eigenvalue weighted by atomic mass is 9.85. The molecule has 2 heterocycles. The van der Waals surface area contributed by atoms with E-state index in [0.717, 1.165) is 58.1 Å². The molecule has 2 saturated heterocycles. The summed E-state index contributed by atoms with van der Waals surface area (Å²) in [5.74, 6) is 0.998. The lowest BCUT2D eigenvalue weighted by Crippen LogP contribution is -2.49. The molecule has 1 aromatic carbocycles. The minimum Gasteiger partial charge on any atom is -0.376 e. The van der Waals surface area contributed by atoms with E-state index in [1.807, 2.05) is 7.05 Å². The van der Waals surface area contributed by atoms with Crippen LogP contribution < -0.4 is 5.32 Å². The van der Waals surface area contributed by atoms with Crippen molar-refractivity contribution >= 4 is 29.9 Å². The summed E-state index contributed by atoms with van der Waals surface area (Å²) in [6.45, 7) is 9.03. The second kappa shape index (κ2) is 12.1. The molecular formula is C23H38IN3O2. The van der Waals surface area contributed by atoms with Crippen LogP contribution in [0.4, 0.5) is 0 Å². The predicted octanol–water partition coefficient (Wildman–Crippen LogP) is 4.21. The van der Waals surface area contributed by atoms with Crippen LogP contribution >= 0.6 is 24.0 Å². The third-order valence-electron chi connectivity index (χ3n) is 5.99. The van der Waals surface area contributed by atoms with Gasteiger partial charge in [0.15, 0.2) is 5.96 Å². The van der Waals surface area contributed by atoms with Gasteiger partial charge in [0.25, 0.3) is 0 Å². The Labute approximate surface area is 193 Å². The molecule has 1 unspecified atom stereocenters. The average Bonchev–Trinajstić information content (AvgIpc) is 2.75. The fraction of sp³-hybridized carbons (Fsp3) is 0.696. The molecule has 2 aliphatic heterocycles. The molecule has 0 aromatic heterocycles. The molecule has 0 spiro atoms. The fourth-order valence-electron chi connectivity index (χ4n) is 4.04. The molecule has 0 radical (unpaired) electrons. The number of piperidine rings is 1. The molecule has 2 fully saturated rings. The van der Waals surface area contributed by atoms with E-state index >= 15 is 0 Å². The first kappa shape index (κ1) is 24.4. The zero-order valence-corrected chi connectivity index (χ0v) is 20.6. The first-order valence-electron chi connectivity index (χ1n) is 10.8.